The molecule has 0 amide bonds. The molecule has 0 rings (SSSR count). The van der Waals surface area contributed by atoms with Gasteiger partial charge in [0, 0.05) is 0 Å². The van der Waals surface area contributed by atoms with Crippen molar-refractivity contribution in [3.05, 3.63) is 11.2 Å². The first-order valence-corrected chi connectivity index (χ1v) is 3.25. The van der Waals surface area contributed by atoms with Crippen molar-refractivity contribution in [1.82, 2.24) is 0 Å². The number of methoxy groups -OCH3 is 1. The normalized spacial score (nSPS) is 10.4. The van der Waals surface area contributed by atoms with Crippen LogP contribution in [0, 0.1) is 11.3 Å². The summed E-state index contributed by atoms with van der Waals surface area (Å²) in [6, 6.07) is 1.86. The van der Waals surface area contributed by atoms with Crippen molar-refractivity contribution in [2.24, 2.45) is 0 Å². The maximum atomic E-state index is 8.08. The zero-order chi connectivity index (χ0) is 6.41. The van der Waals surface area contributed by atoms with Gasteiger partial charge in [0.1, 0.15) is 0 Å². The van der Waals surface area contributed by atoms with Gasteiger partial charge in [0.25, 0.3) is 0 Å². The molecular formula is C5H7NOS. The first-order chi connectivity index (χ1) is 3.85. The van der Waals surface area contributed by atoms with Crippen LogP contribution in [0.15, 0.2) is 11.2 Å². The Bertz CT molecular complexity index is 119. The molecule has 0 fully saturated rings. The third kappa shape index (κ3) is 2.54. The van der Waals surface area contributed by atoms with Gasteiger partial charge in [-0.3, -0.25) is 0 Å². The number of nitriles is 1. The molecule has 44 valence electrons. The van der Waals surface area contributed by atoms with E-state index < -0.39 is 0 Å². The van der Waals surface area contributed by atoms with Crippen LogP contribution in [0.25, 0.3) is 0 Å². The summed E-state index contributed by atoms with van der Waals surface area (Å²) in [5.41, 5.74) is 0. The van der Waals surface area contributed by atoms with Crippen molar-refractivity contribution < 1.29 is 4.74 Å². The van der Waals surface area contributed by atoms with Gasteiger partial charge in [-0.25, -0.2) is 0 Å². The zero-order valence-electron chi connectivity index (χ0n) is 4.84. The Hall–Kier alpha value is -0.620. The van der Waals surface area contributed by atoms with E-state index in [-0.39, 0.29) is 0 Å². The first kappa shape index (κ1) is 7.38. The van der Waals surface area contributed by atoms with Gasteiger partial charge in [-0.2, -0.15) is 5.26 Å². The van der Waals surface area contributed by atoms with Crippen LogP contribution in [0.2, 0.25) is 0 Å². The van der Waals surface area contributed by atoms with Gasteiger partial charge in [-0.05, 0) is 6.26 Å². The van der Waals surface area contributed by atoms with Crippen LogP contribution >= 0.6 is 11.8 Å². The Morgan fingerprint density at radius 3 is 2.62 bits per heavy atom. The van der Waals surface area contributed by atoms with Crippen molar-refractivity contribution in [2.45, 2.75) is 0 Å². The van der Waals surface area contributed by atoms with Crippen LogP contribution in [-0.2, 0) is 4.74 Å². The quantitative estimate of drug-likeness (QED) is 0.417. The van der Waals surface area contributed by atoms with Gasteiger partial charge in [-0.15, -0.1) is 0 Å². The predicted octanol–water partition coefficient (Wildman–Crippen LogP) is 1.36. The molecule has 0 bridgehead atoms. The largest absolute Gasteiger partial charge is 0.490 e. The molecule has 0 spiro atoms. The third-order valence-electron chi connectivity index (χ3n) is 0.585. The molecule has 0 aromatic carbocycles. The van der Waals surface area contributed by atoms with E-state index in [2.05, 4.69) is 0 Å². The highest BCUT2D eigenvalue weighted by atomic mass is 32.2. The smallest absolute Gasteiger partial charge is 0.162 e. The summed E-state index contributed by atoms with van der Waals surface area (Å²) < 4.78 is 4.74. The summed E-state index contributed by atoms with van der Waals surface area (Å²) >= 11 is 1.41. The molecule has 0 aromatic heterocycles. The highest BCUT2D eigenvalue weighted by molar-refractivity contribution is 8.02. The van der Waals surface area contributed by atoms with Gasteiger partial charge < -0.3 is 4.74 Å². The standard InChI is InChI=1S/C5H7NOS/c1-7-5(8-2)3-4-6/h3H,1-2H3/b5-3-. The van der Waals surface area contributed by atoms with E-state index in [1.807, 2.05) is 12.3 Å². The van der Waals surface area contributed by atoms with Crippen LogP contribution in [0.3, 0.4) is 0 Å². The van der Waals surface area contributed by atoms with E-state index in [9.17, 15) is 0 Å². The Balaban J connectivity index is 3.72. The van der Waals surface area contributed by atoms with E-state index in [1.165, 1.54) is 17.8 Å². The van der Waals surface area contributed by atoms with Crippen molar-refractivity contribution >= 4 is 11.8 Å². The topological polar surface area (TPSA) is 33.0 Å². The van der Waals surface area contributed by atoms with Crippen molar-refractivity contribution in [3.63, 3.8) is 0 Å². The second-order valence-corrected chi connectivity index (χ2v) is 1.81. The minimum atomic E-state index is 0.646. The fraction of sp³-hybridized carbons (Fsp3) is 0.400. The Labute approximate surface area is 53.1 Å². The summed E-state index contributed by atoms with van der Waals surface area (Å²) in [7, 11) is 1.54. The molecule has 0 saturated carbocycles. The second-order valence-electron chi connectivity index (χ2n) is 1.00. The van der Waals surface area contributed by atoms with Gasteiger partial charge in [0.05, 0.1) is 19.3 Å². The minimum absolute atomic E-state index is 0.646. The Kier molecular flexibility index (Phi) is 4.19. The van der Waals surface area contributed by atoms with Gasteiger partial charge in [0.2, 0.25) is 0 Å². The van der Waals surface area contributed by atoms with Crippen molar-refractivity contribution in [1.29, 1.82) is 5.26 Å². The van der Waals surface area contributed by atoms with E-state index in [0.29, 0.717) is 5.09 Å². The highest BCUT2D eigenvalue weighted by Gasteiger charge is 1.86. The maximum absolute atomic E-state index is 8.08. The molecule has 0 N–H and O–H groups in total. The fourth-order valence-corrected chi connectivity index (χ4v) is 0.591. The van der Waals surface area contributed by atoms with Gasteiger partial charge in [0.15, 0.2) is 5.09 Å². The Morgan fingerprint density at radius 2 is 2.50 bits per heavy atom. The van der Waals surface area contributed by atoms with Crippen LogP contribution in [-0.4, -0.2) is 13.4 Å². The first-order valence-electron chi connectivity index (χ1n) is 2.03. The lowest BCUT2D eigenvalue weighted by molar-refractivity contribution is 0.325. The van der Waals surface area contributed by atoms with E-state index in [0.717, 1.165) is 0 Å². The molecule has 0 atom stereocenters. The molecule has 0 saturated heterocycles. The molecule has 0 radical (unpaired) electrons. The average molecular weight is 129 g/mol. The van der Waals surface area contributed by atoms with Crippen molar-refractivity contribution in [2.75, 3.05) is 13.4 Å². The van der Waals surface area contributed by atoms with Crippen molar-refractivity contribution in [3.8, 4) is 6.07 Å². The number of rotatable bonds is 2. The van der Waals surface area contributed by atoms with E-state index >= 15 is 0 Å². The monoisotopic (exact) mass is 129 g/mol. The molecule has 0 aliphatic carbocycles. The molecule has 0 heterocycles. The second kappa shape index (κ2) is 4.54. The summed E-state index contributed by atoms with van der Waals surface area (Å²) in [6.45, 7) is 0. The number of thioether (sulfide) groups is 1. The van der Waals surface area contributed by atoms with Crippen LogP contribution in [0.1, 0.15) is 0 Å². The third-order valence-corrected chi connectivity index (χ3v) is 1.27. The average Bonchev–Trinajstić information content (AvgIpc) is 1.83. The van der Waals surface area contributed by atoms with Crippen LogP contribution in [0.5, 0.6) is 0 Å². The van der Waals surface area contributed by atoms with Gasteiger partial charge >= 0.3 is 0 Å². The molecule has 0 aliphatic heterocycles. The SMILES string of the molecule is CO/C(=C/C#N)SC. The molecule has 2 nitrogen and oxygen atoms in total. The number of allylic oxidation sites excluding steroid dienone is 1. The Morgan fingerprint density at radius 1 is 1.88 bits per heavy atom. The number of nitrogens with zero attached hydrogens (tertiary/aromatic N) is 1. The summed E-state index contributed by atoms with van der Waals surface area (Å²) in [4.78, 5) is 0. The van der Waals surface area contributed by atoms with Crippen LogP contribution < -0.4 is 0 Å². The fourth-order valence-electron chi connectivity index (χ4n) is 0.254. The number of hydrogen-bond acceptors (Lipinski definition) is 3. The van der Waals surface area contributed by atoms with E-state index in [1.54, 1.807) is 7.11 Å². The summed E-state index contributed by atoms with van der Waals surface area (Å²) in [5.74, 6) is 0. The van der Waals surface area contributed by atoms with E-state index in [4.69, 9.17) is 10.00 Å². The summed E-state index contributed by atoms with van der Waals surface area (Å²) in [6.07, 6.45) is 3.22. The summed E-state index contributed by atoms with van der Waals surface area (Å²) in [5, 5.41) is 8.72. The molecule has 0 aromatic rings. The molecule has 3 heteroatoms. The number of hydrogen-bond donors (Lipinski definition) is 0. The molecule has 8 heavy (non-hydrogen) atoms. The highest BCUT2D eigenvalue weighted by Crippen LogP contribution is 2.09. The minimum Gasteiger partial charge on any atom is -0.490 e. The number of ether oxygens (including phenoxy) is 1. The predicted molar refractivity (Wildman–Crippen MR) is 34.2 cm³/mol. The molecular weight excluding hydrogens is 122 g/mol. The van der Waals surface area contributed by atoms with Gasteiger partial charge in [-0.1, -0.05) is 11.8 Å². The lowest BCUT2D eigenvalue weighted by Gasteiger charge is -1.95. The zero-order valence-corrected chi connectivity index (χ0v) is 5.66. The molecule has 0 aliphatic rings. The molecule has 0 unspecified atom stereocenters. The maximum Gasteiger partial charge on any atom is 0.162 e. The lowest BCUT2D eigenvalue weighted by atomic mass is 10.7. The van der Waals surface area contributed by atoms with Crippen LogP contribution in [0.4, 0.5) is 0 Å². The lowest BCUT2D eigenvalue weighted by Crippen LogP contribution is -1.76.